The summed E-state index contributed by atoms with van der Waals surface area (Å²) in [5.41, 5.74) is 16.6. The van der Waals surface area contributed by atoms with E-state index in [1.165, 1.54) is 52.2 Å². The Hall–Kier alpha value is -8.03. The van der Waals surface area contributed by atoms with Gasteiger partial charge in [0.25, 0.3) is 23.6 Å². The van der Waals surface area contributed by atoms with E-state index in [9.17, 15) is 40.8 Å². The van der Waals surface area contributed by atoms with Crippen molar-refractivity contribution in [2.75, 3.05) is 68.6 Å². The molecule has 4 aromatic carbocycles. The van der Waals surface area contributed by atoms with E-state index in [0.717, 1.165) is 115 Å². The summed E-state index contributed by atoms with van der Waals surface area (Å²) in [5, 5.41) is 4.84. The average Bonchev–Trinajstić information content (AvgIpc) is 1.59. The van der Waals surface area contributed by atoms with Crippen molar-refractivity contribution in [3.8, 4) is 34.0 Å². The Labute approximate surface area is 532 Å². The summed E-state index contributed by atoms with van der Waals surface area (Å²) in [6.07, 6.45) is 14.4. The van der Waals surface area contributed by atoms with Gasteiger partial charge in [-0.3, -0.25) is 19.2 Å². The van der Waals surface area contributed by atoms with E-state index in [0.29, 0.717) is 61.3 Å². The Morgan fingerprint density at radius 3 is 1.34 bits per heavy atom. The molecule has 0 radical (unpaired) electrons. The van der Waals surface area contributed by atoms with Crippen LogP contribution in [0.2, 0.25) is 0 Å². The quantitative estimate of drug-likeness (QED) is 0.0846. The molecule has 2 aliphatic carbocycles. The molecule has 22 nitrogen and oxygen atoms in total. The van der Waals surface area contributed by atoms with Crippen LogP contribution in [0, 0.1) is 0 Å². The fraction of sp³-hybridized carbons (Fsp3) is 0.448. The lowest BCUT2D eigenvalue weighted by Crippen LogP contribution is -2.61. The first-order valence-electron chi connectivity index (χ1n) is 31.2. The van der Waals surface area contributed by atoms with Crippen molar-refractivity contribution in [2.24, 2.45) is 5.73 Å². The molecule has 2 saturated carbocycles. The number of methoxy groups -OCH3 is 2. The predicted molar refractivity (Wildman–Crippen MR) is 350 cm³/mol. The fourth-order valence-electron chi connectivity index (χ4n) is 13.5. The first kappa shape index (κ1) is 64.5. The van der Waals surface area contributed by atoms with Gasteiger partial charge in [-0.05, 0) is 153 Å². The number of hydrogen-bond acceptors (Lipinski definition) is 13. The van der Waals surface area contributed by atoms with Crippen LogP contribution in [-0.4, -0.2) is 160 Å². The molecule has 5 N–H and O–H groups in total. The van der Waals surface area contributed by atoms with Gasteiger partial charge >= 0.3 is 26.5 Å². The van der Waals surface area contributed by atoms with Gasteiger partial charge in [-0.1, -0.05) is 50.7 Å². The molecule has 484 valence electrons. The number of amides is 5. The topological polar surface area (TPSA) is 266 Å². The summed E-state index contributed by atoms with van der Waals surface area (Å²) >= 11 is 0. The van der Waals surface area contributed by atoms with Gasteiger partial charge in [0.15, 0.2) is 0 Å². The maximum absolute atomic E-state index is 14.1. The number of aromatic nitrogens is 2. The number of fused-ring (bicyclic) bond motifs is 10. The van der Waals surface area contributed by atoms with Crippen LogP contribution in [0.25, 0.3) is 56.5 Å². The number of nitrogens with two attached hydrogens (primary N) is 1. The largest absolute Gasteiger partial charge is 0.497 e. The summed E-state index contributed by atoms with van der Waals surface area (Å²) < 4.78 is 76.8. The molecular weight excluding hydrogens is 1200 g/mol. The summed E-state index contributed by atoms with van der Waals surface area (Å²) in [7, 11) is 0.707. The van der Waals surface area contributed by atoms with Crippen LogP contribution >= 0.6 is 0 Å². The number of nitrogens with one attached hydrogen (secondary N) is 3. The maximum Gasteiger partial charge on any atom is 0.407 e. The highest BCUT2D eigenvalue weighted by atomic mass is 32.2. The number of ether oxygens (including phenoxy) is 3. The van der Waals surface area contributed by atoms with Crippen LogP contribution in [0.4, 0.5) is 4.79 Å². The van der Waals surface area contributed by atoms with Gasteiger partial charge in [-0.25, -0.2) is 14.2 Å². The van der Waals surface area contributed by atoms with Crippen molar-refractivity contribution in [1.82, 2.24) is 42.3 Å². The zero-order valence-corrected chi connectivity index (χ0v) is 54.8. The van der Waals surface area contributed by atoms with Crippen LogP contribution in [0.5, 0.6) is 11.5 Å². The molecule has 24 heteroatoms. The normalized spacial score (nSPS) is 17.4. The highest BCUT2D eigenvalue weighted by molar-refractivity contribution is 7.88. The first-order valence-corrected chi connectivity index (χ1v) is 34.0. The lowest BCUT2D eigenvalue weighted by atomic mass is 9.81. The molecule has 6 aromatic rings. The molecule has 4 fully saturated rings. The number of benzene rings is 4. The van der Waals surface area contributed by atoms with Crippen molar-refractivity contribution in [3.05, 3.63) is 117 Å². The molecule has 91 heavy (non-hydrogen) atoms. The van der Waals surface area contributed by atoms with Gasteiger partial charge in [0.05, 0.1) is 44.7 Å². The zero-order chi connectivity index (χ0) is 65.0. The Morgan fingerprint density at radius 2 is 0.967 bits per heavy atom. The number of nitrogens with zero attached hydrogens (tertiary/aromatic N) is 6. The lowest BCUT2D eigenvalue weighted by molar-refractivity contribution is -0.132. The van der Waals surface area contributed by atoms with E-state index in [2.05, 4.69) is 23.9 Å². The second-order valence-electron chi connectivity index (χ2n) is 26.0. The van der Waals surface area contributed by atoms with Crippen LogP contribution in [0.1, 0.15) is 140 Å². The van der Waals surface area contributed by atoms with Crippen LogP contribution in [0.3, 0.4) is 0 Å². The van der Waals surface area contributed by atoms with E-state index in [4.69, 9.17) is 19.9 Å². The van der Waals surface area contributed by atoms with Gasteiger partial charge in [0.2, 0.25) is 0 Å². The molecule has 2 aromatic heterocycles. The van der Waals surface area contributed by atoms with Gasteiger partial charge in [-0.15, -0.1) is 0 Å². The van der Waals surface area contributed by atoms with E-state index >= 15 is 0 Å². The van der Waals surface area contributed by atoms with Crippen molar-refractivity contribution in [1.29, 1.82) is 0 Å². The highest BCUT2D eigenvalue weighted by Gasteiger charge is 2.39. The first-order chi connectivity index (χ1) is 43.2. The molecule has 6 heterocycles. The number of hydrogen-bond donors (Lipinski definition) is 4. The molecule has 4 aliphatic heterocycles. The number of likely N-dealkylation sites (tertiary alicyclic amines) is 2. The van der Waals surface area contributed by atoms with Crippen LogP contribution in [0.15, 0.2) is 83.9 Å². The van der Waals surface area contributed by atoms with E-state index < -0.39 is 43.9 Å². The van der Waals surface area contributed by atoms with Gasteiger partial charge in [0, 0.05) is 116 Å². The second-order valence-corrected chi connectivity index (χ2v) is 29.8. The van der Waals surface area contributed by atoms with Crippen LogP contribution < -0.4 is 30.0 Å². The molecule has 0 atom stereocenters. The standard InChI is InChI=1S/C36H45N5O7S.C31H37N5O5S/c1-36(2,3)48-35(44)37-26-20-40(21-26)34(43)25-16-24-17-27(47-6)13-15-28(24)32-31(22-10-8-7-9-11-22)29-14-12-23(18-30(29)41(32)19-25)33(42)38-49(45,46)39(4)5;1-34(2)42(39,40)33-30(37)20-9-11-26-27(15-20)36-16-22(31(38)35-17-23(32)18-35)13-21-14-24(41-3)10-12-25(21)29(36)28(26)19-7-5-4-6-8-19/h12-18,22,26H,7-11,19-21H2,1-6H3,(H,37,44)(H,38,42);9-15,19,23H,4-8,16-18,32H2,1-3H3,(H,33,37). The molecule has 2 saturated heterocycles. The van der Waals surface area contributed by atoms with Crippen molar-refractivity contribution in [2.45, 2.75) is 128 Å². The van der Waals surface area contributed by atoms with E-state index in [1.807, 2.05) is 60.7 Å². The molecular formula is C67H82N10O12S2. The van der Waals surface area contributed by atoms with E-state index in [1.54, 1.807) is 69.1 Å². The monoisotopic (exact) mass is 1280 g/mol. The van der Waals surface area contributed by atoms with Gasteiger partial charge in [-0.2, -0.15) is 25.4 Å². The van der Waals surface area contributed by atoms with Crippen molar-refractivity contribution >= 4 is 84.1 Å². The maximum atomic E-state index is 14.1. The highest BCUT2D eigenvalue weighted by Crippen LogP contribution is 2.49. The summed E-state index contributed by atoms with van der Waals surface area (Å²) in [5.74, 6) is 0.308. The third-order valence-electron chi connectivity index (χ3n) is 18.1. The minimum Gasteiger partial charge on any atom is -0.497 e. The number of alkyl carbamates (subject to hydrolysis) is 1. The molecule has 12 rings (SSSR count). The molecule has 0 unspecified atom stereocenters. The summed E-state index contributed by atoms with van der Waals surface area (Å²) in [6.45, 7) is 7.65. The molecule has 6 aliphatic rings. The van der Waals surface area contributed by atoms with E-state index in [-0.39, 0.29) is 47.5 Å². The fourth-order valence-corrected chi connectivity index (χ4v) is 14.5. The Kier molecular flexibility index (Phi) is 18.1. The number of carbonyl (C=O) groups excluding carboxylic acids is 5. The van der Waals surface area contributed by atoms with Gasteiger partial charge in [0.1, 0.15) is 17.1 Å². The van der Waals surface area contributed by atoms with Crippen LogP contribution in [-0.2, 0) is 47.8 Å². The summed E-state index contributed by atoms with van der Waals surface area (Å²) in [4.78, 5) is 70.1. The van der Waals surface area contributed by atoms with Gasteiger partial charge < -0.3 is 44.2 Å². The Bertz CT molecular complexity index is 4190. The minimum absolute atomic E-state index is 0.0203. The molecule has 0 bridgehead atoms. The molecule has 0 spiro atoms. The third-order valence-corrected chi connectivity index (χ3v) is 21.0. The minimum atomic E-state index is -4.01. The predicted octanol–water partition coefficient (Wildman–Crippen LogP) is 8.50. The number of rotatable bonds is 13. The number of carbonyl (C=O) groups is 5. The van der Waals surface area contributed by atoms with Crippen molar-refractivity contribution in [3.63, 3.8) is 0 Å². The third kappa shape index (κ3) is 13.2. The Morgan fingerprint density at radius 1 is 0.560 bits per heavy atom. The SMILES string of the molecule is COc1ccc2c(c1)C=C(C(=O)N1CC(N)C1)Cn1c-2c(C2CCCCC2)c2ccc(C(=O)NS(=O)(=O)N(C)C)cc21.COc1ccc2c(c1)C=C(C(=O)N1CC(NC(=O)OC(C)(C)C)C1)Cn1c-2c(C2CCCCC2)c2ccc(C(=O)NS(=O)(=O)N(C)C)cc21. The second kappa shape index (κ2) is 25.6. The smallest absolute Gasteiger partial charge is 0.407 e. The lowest BCUT2D eigenvalue weighted by Gasteiger charge is -2.40. The molecule has 5 amide bonds. The Balaban J connectivity index is 0.000000189. The summed E-state index contributed by atoms with van der Waals surface area (Å²) in [6, 6.07) is 22.3. The van der Waals surface area contributed by atoms with Crippen molar-refractivity contribution < 1.29 is 55.0 Å². The zero-order valence-electron chi connectivity index (χ0n) is 53.2. The average molecular weight is 1280 g/mol.